The Labute approximate surface area is 154 Å². The number of ether oxygens (including phenoxy) is 2. The van der Waals surface area contributed by atoms with Crippen molar-refractivity contribution >= 4 is 11.6 Å². The predicted octanol–water partition coefficient (Wildman–Crippen LogP) is 1.85. The summed E-state index contributed by atoms with van der Waals surface area (Å²) in [4.78, 5) is 13.7. The highest BCUT2D eigenvalue weighted by Crippen LogP contribution is 2.31. The van der Waals surface area contributed by atoms with Crippen LogP contribution in [0.15, 0.2) is 36.4 Å². The summed E-state index contributed by atoms with van der Waals surface area (Å²) in [6.07, 6.45) is 1.93. The lowest BCUT2D eigenvalue weighted by atomic mass is 9.99. The van der Waals surface area contributed by atoms with Gasteiger partial charge < -0.3 is 19.7 Å². The number of methoxy groups -OCH3 is 2. The first-order chi connectivity index (χ1) is 12.6. The van der Waals surface area contributed by atoms with Gasteiger partial charge >= 0.3 is 0 Å². The van der Waals surface area contributed by atoms with Crippen molar-refractivity contribution in [3.63, 3.8) is 0 Å². The minimum Gasteiger partial charge on any atom is -0.493 e. The topological polar surface area (TPSA) is 52.0 Å². The fraction of sp³-hybridized carbons (Fsp3) is 0.381. The molecule has 0 fully saturated rings. The van der Waals surface area contributed by atoms with Crippen molar-refractivity contribution in [2.45, 2.75) is 26.3 Å². The van der Waals surface area contributed by atoms with Crippen LogP contribution in [0.4, 0.5) is 5.69 Å². The van der Waals surface area contributed by atoms with Gasteiger partial charge in [0.15, 0.2) is 18.0 Å². The molecule has 0 spiro atoms. The number of aryl methyl sites for hydroxylation is 1. The number of hydrogen-bond donors (Lipinski definition) is 2. The number of carbonyl (C=O) groups is 1. The molecular weight excluding hydrogens is 328 g/mol. The van der Waals surface area contributed by atoms with Crippen molar-refractivity contribution in [3.8, 4) is 11.5 Å². The molecule has 0 radical (unpaired) electrons. The van der Waals surface area contributed by atoms with Gasteiger partial charge in [0, 0.05) is 17.7 Å². The van der Waals surface area contributed by atoms with Crippen LogP contribution in [0.1, 0.15) is 23.6 Å². The minimum atomic E-state index is 0.0492. The SMILES string of the molecule is CCc1ccc(NC(=O)C[NH+]2CCc3cc(OC)c(OC)cc3C2)cc1. The quantitative estimate of drug-likeness (QED) is 0.831. The van der Waals surface area contributed by atoms with Crippen LogP contribution in [0, 0.1) is 0 Å². The molecule has 2 N–H and O–H groups in total. The molecule has 138 valence electrons. The Morgan fingerprint density at radius 1 is 1.08 bits per heavy atom. The zero-order valence-electron chi connectivity index (χ0n) is 15.7. The highest BCUT2D eigenvalue weighted by Gasteiger charge is 2.24. The van der Waals surface area contributed by atoms with Gasteiger partial charge in [-0.25, -0.2) is 0 Å². The first-order valence-electron chi connectivity index (χ1n) is 9.09. The average Bonchev–Trinajstić information content (AvgIpc) is 2.67. The third kappa shape index (κ3) is 4.17. The van der Waals surface area contributed by atoms with Crippen molar-refractivity contribution in [1.29, 1.82) is 0 Å². The maximum atomic E-state index is 12.4. The summed E-state index contributed by atoms with van der Waals surface area (Å²) in [6.45, 7) is 4.33. The largest absolute Gasteiger partial charge is 0.493 e. The molecule has 5 nitrogen and oxygen atoms in total. The zero-order valence-corrected chi connectivity index (χ0v) is 15.7. The highest BCUT2D eigenvalue weighted by atomic mass is 16.5. The number of nitrogens with one attached hydrogen (secondary N) is 2. The lowest BCUT2D eigenvalue weighted by molar-refractivity contribution is -0.907. The van der Waals surface area contributed by atoms with Gasteiger partial charge in [-0.15, -0.1) is 0 Å². The van der Waals surface area contributed by atoms with E-state index in [4.69, 9.17) is 9.47 Å². The number of carbonyl (C=O) groups excluding carboxylic acids is 1. The van der Waals surface area contributed by atoms with Crippen molar-refractivity contribution in [2.75, 3.05) is 32.6 Å². The third-order valence-electron chi connectivity index (χ3n) is 4.95. The number of amides is 1. The second-order valence-corrected chi connectivity index (χ2v) is 6.68. The number of rotatable bonds is 6. The van der Waals surface area contributed by atoms with Gasteiger partial charge in [-0.05, 0) is 41.8 Å². The summed E-state index contributed by atoms with van der Waals surface area (Å²) >= 11 is 0. The zero-order chi connectivity index (χ0) is 18.5. The Morgan fingerprint density at radius 2 is 1.73 bits per heavy atom. The van der Waals surface area contributed by atoms with Crippen LogP contribution in [-0.4, -0.2) is 33.2 Å². The Balaban J connectivity index is 1.62. The fourth-order valence-corrected chi connectivity index (χ4v) is 3.44. The summed E-state index contributed by atoms with van der Waals surface area (Å²) in [7, 11) is 3.30. The number of fused-ring (bicyclic) bond motifs is 1. The predicted molar refractivity (Wildman–Crippen MR) is 102 cm³/mol. The second kappa shape index (κ2) is 8.23. The lowest BCUT2D eigenvalue weighted by Crippen LogP contribution is -3.12. The molecule has 0 saturated heterocycles. The Morgan fingerprint density at radius 3 is 2.35 bits per heavy atom. The van der Waals surface area contributed by atoms with E-state index in [-0.39, 0.29) is 5.91 Å². The standard InChI is InChI=1S/C21H26N2O3/c1-4-15-5-7-18(8-6-15)22-21(24)14-23-10-9-16-11-19(25-2)20(26-3)12-17(16)13-23/h5-8,11-12H,4,9-10,13-14H2,1-3H3,(H,22,24)/p+1. The minimum absolute atomic E-state index is 0.0492. The maximum Gasteiger partial charge on any atom is 0.279 e. The average molecular weight is 355 g/mol. The molecule has 1 amide bonds. The van der Waals surface area contributed by atoms with Crippen LogP contribution in [0.3, 0.4) is 0 Å². The summed E-state index contributed by atoms with van der Waals surface area (Å²) in [6, 6.07) is 12.1. The normalized spacial score (nSPS) is 15.9. The summed E-state index contributed by atoms with van der Waals surface area (Å²) < 4.78 is 10.8. The molecule has 1 atom stereocenters. The molecule has 0 aliphatic carbocycles. The Hall–Kier alpha value is -2.53. The lowest BCUT2D eigenvalue weighted by Gasteiger charge is -2.26. The first-order valence-corrected chi connectivity index (χ1v) is 9.09. The van der Waals surface area contributed by atoms with Gasteiger partial charge in [-0.3, -0.25) is 4.79 Å². The molecule has 2 aromatic carbocycles. The van der Waals surface area contributed by atoms with Gasteiger partial charge in [0.25, 0.3) is 5.91 Å². The van der Waals surface area contributed by atoms with E-state index >= 15 is 0 Å². The van der Waals surface area contributed by atoms with Crippen LogP contribution in [0.25, 0.3) is 0 Å². The third-order valence-corrected chi connectivity index (χ3v) is 4.95. The molecule has 1 heterocycles. The van der Waals surface area contributed by atoms with Crippen molar-refractivity contribution < 1.29 is 19.2 Å². The molecule has 0 saturated carbocycles. The van der Waals surface area contributed by atoms with E-state index < -0.39 is 0 Å². The van der Waals surface area contributed by atoms with E-state index in [0.717, 1.165) is 43.1 Å². The number of benzene rings is 2. The first kappa shape index (κ1) is 18.3. The van der Waals surface area contributed by atoms with Gasteiger partial charge in [-0.2, -0.15) is 0 Å². The Kier molecular flexibility index (Phi) is 5.78. The molecule has 0 bridgehead atoms. The van der Waals surface area contributed by atoms with E-state index in [1.807, 2.05) is 18.2 Å². The van der Waals surface area contributed by atoms with E-state index in [0.29, 0.717) is 6.54 Å². The number of anilines is 1. The molecule has 3 rings (SSSR count). The molecule has 2 aromatic rings. The molecule has 1 unspecified atom stereocenters. The van der Waals surface area contributed by atoms with Gasteiger partial charge in [0.05, 0.1) is 20.8 Å². The fourth-order valence-electron chi connectivity index (χ4n) is 3.44. The smallest absolute Gasteiger partial charge is 0.279 e. The van der Waals surface area contributed by atoms with E-state index in [1.165, 1.54) is 21.6 Å². The van der Waals surface area contributed by atoms with E-state index in [9.17, 15) is 4.79 Å². The molecule has 0 aromatic heterocycles. The second-order valence-electron chi connectivity index (χ2n) is 6.68. The molecule has 5 heteroatoms. The molecule has 1 aliphatic heterocycles. The highest BCUT2D eigenvalue weighted by molar-refractivity contribution is 5.91. The van der Waals surface area contributed by atoms with Crippen molar-refractivity contribution in [2.24, 2.45) is 0 Å². The molecular formula is C21H27N2O3+. The van der Waals surface area contributed by atoms with Crippen molar-refractivity contribution in [3.05, 3.63) is 53.1 Å². The van der Waals surface area contributed by atoms with Crippen LogP contribution in [0.5, 0.6) is 11.5 Å². The maximum absolute atomic E-state index is 12.4. The van der Waals surface area contributed by atoms with Gasteiger partial charge in [0.2, 0.25) is 0 Å². The number of quaternary nitrogens is 1. The summed E-state index contributed by atoms with van der Waals surface area (Å²) in [5.74, 6) is 1.56. The van der Waals surface area contributed by atoms with Gasteiger partial charge in [0.1, 0.15) is 6.54 Å². The van der Waals surface area contributed by atoms with Crippen LogP contribution in [0.2, 0.25) is 0 Å². The molecule has 26 heavy (non-hydrogen) atoms. The Bertz CT molecular complexity index is 772. The van der Waals surface area contributed by atoms with E-state index in [2.05, 4.69) is 30.4 Å². The van der Waals surface area contributed by atoms with E-state index in [1.54, 1.807) is 14.2 Å². The molecule has 1 aliphatic rings. The van der Waals surface area contributed by atoms with Gasteiger partial charge in [-0.1, -0.05) is 19.1 Å². The number of hydrogen-bond acceptors (Lipinski definition) is 3. The van der Waals surface area contributed by atoms with Crippen LogP contribution in [-0.2, 0) is 24.2 Å². The van der Waals surface area contributed by atoms with Crippen molar-refractivity contribution in [1.82, 2.24) is 0 Å². The summed E-state index contributed by atoms with van der Waals surface area (Å²) in [5.41, 5.74) is 4.63. The van der Waals surface area contributed by atoms with Crippen LogP contribution < -0.4 is 19.7 Å². The van der Waals surface area contributed by atoms with Crippen LogP contribution >= 0.6 is 0 Å². The summed E-state index contributed by atoms with van der Waals surface area (Å²) in [5, 5.41) is 3.00. The monoisotopic (exact) mass is 355 g/mol.